The largest absolute Gasteiger partial charge is 0.395 e. The summed E-state index contributed by atoms with van der Waals surface area (Å²) in [5, 5.41) is 10.6. The molecule has 0 aliphatic carbocycles. The van der Waals surface area contributed by atoms with Crippen molar-refractivity contribution in [3.63, 3.8) is 0 Å². The number of amides is 1. The van der Waals surface area contributed by atoms with Crippen LogP contribution in [0, 0.1) is 0 Å². The van der Waals surface area contributed by atoms with E-state index in [9.17, 15) is 9.90 Å². The Hall–Kier alpha value is -1.39. The number of nitrogens with zero attached hydrogens (tertiary/aromatic N) is 1. The summed E-state index contributed by atoms with van der Waals surface area (Å²) < 4.78 is 0. The molecule has 0 atom stereocenters. The van der Waals surface area contributed by atoms with Crippen LogP contribution in [0.2, 0.25) is 0 Å². The molecule has 1 N–H and O–H groups in total. The highest BCUT2D eigenvalue weighted by atomic mass is 16.7. The second kappa shape index (κ2) is 4.47. The van der Waals surface area contributed by atoms with Crippen molar-refractivity contribution in [2.24, 2.45) is 0 Å². The fraction of sp³-hybridized carbons (Fsp3) is 0.462. The Labute approximate surface area is 101 Å². The van der Waals surface area contributed by atoms with Gasteiger partial charge >= 0.3 is 0 Å². The highest BCUT2D eigenvalue weighted by Gasteiger charge is 2.24. The van der Waals surface area contributed by atoms with Crippen molar-refractivity contribution < 1.29 is 14.7 Å². The van der Waals surface area contributed by atoms with Crippen molar-refractivity contribution in [2.45, 2.75) is 25.7 Å². The minimum atomic E-state index is -0.269. The van der Waals surface area contributed by atoms with Gasteiger partial charge in [0.25, 0.3) is 5.91 Å². The number of benzene rings is 1. The molecule has 0 saturated carbocycles. The molecule has 0 aromatic heterocycles. The SMILES string of the molecule is CC(C)(CO)c1ccc(N2OCCC2=O)cc1. The second-order valence-electron chi connectivity index (χ2n) is 4.86. The third-order valence-electron chi connectivity index (χ3n) is 3.04. The standard InChI is InChI=1S/C13H17NO3/c1-13(2,9-15)10-3-5-11(6-4-10)14-12(16)7-8-17-14/h3-6,15H,7-9H2,1-2H3. The minimum Gasteiger partial charge on any atom is -0.395 e. The molecule has 0 spiro atoms. The van der Waals surface area contributed by atoms with Crippen molar-refractivity contribution in [3.05, 3.63) is 29.8 Å². The number of hydrogen-bond donors (Lipinski definition) is 1. The van der Waals surface area contributed by atoms with Crippen LogP contribution in [0.25, 0.3) is 0 Å². The molecule has 2 rings (SSSR count). The van der Waals surface area contributed by atoms with Crippen LogP contribution < -0.4 is 5.06 Å². The van der Waals surface area contributed by atoms with Crippen LogP contribution in [-0.2, 0) is 15.0 Å². The van der Waals surface area contributed by atoms with Crippen molar-refractivity contribution in [1.82, 2.24) is 0 Å². The molecule has 1 aromatic rings. The van der Waals surface area contributed by atoms with Gasteiger partial charge in [0, 0.05) is 5.41 Å². The van der Waals surface area contributed by atoms with Gasteiger partial charge in [-0.3, -0.25) is 9.63 Å². The van der Waals surface area contributed by atoms with Gasteiger partial charge in [-0.05, 0) is 17.7 Å². The Morgan fingerprint density at radius 3 is 2.47 bits per heavy atom. The number of hydrogen-bond acceptors (Lipinski definition) is 3. The third kappa shape index (κ3) is 2.33. The van der Waals surface area contributed by atoms with Gasteiger partial charge in [0.15, 0.2) is 0 Å². The summed E-state index contributed by atoms with van der Waals surface area (Å²) in [4.78, 5) is 16.7. The van der Waals surface area contributed by atoms with Gasteiger partial charge in [-0.15, -0.1) is 0 Å². The molecule has 0 unspecified atom stereocenters. The van der Waals surface area contributed by atoms with Gasteiger partial charge in [-0.25, -0.2) is 0 Å². The molecule has 1 aromatic carbocycles. The summed E-state index contributed by atoms with van der Waals surface area (Å²) >= 11 is 0. The lowest BCUT2D eigenvalue weighted by Crippen LogP contribution is -2.24. The molecule has 1 aliphatic rings. The average Bonchev–Trinajstić information content (AvgIpc) is 2.76. The summed E-state index contributed by atoms with van der Waals surface area (Å²) in [6.45, 7) is 4.48. The normalized spacial score (nSPS) is 16.6. The maximum Gasteiger partial charge on any atom is 0.253 e. The van der Waals surface area contributed by atoms with Crippen molar-refractivity contribution in [3.8, 4) is 0 Å². The zero-order valence-electron chi connectivity index (χ0n) is 10.1. The van der Waals surface area contributed by atoms with Crippen LogP contribution in [0.1, 0.15) is 25.8 Å². The number of hydroxylamine groups is 1. The van der Waals surface area contributed by atoms with Crippen LogP contribution in [0.3, 0.4) is 0 Å². The smallest absolute Gasteiger partial charge is 0.253 e. The molecule has 1 amide bonds. The first-order valence-electron chi connectivity index (χ1n) is 5.72. The topological polar surface area (TPSA) is 49.8 Å². The molecule has 1 heterocycles. The number of carbonyl (C=O) groups is 1. The van der Waals surface area contributed by atoms with Gasteiger partial charge in [-0.1, -0.05) is 26.0 Å². The Morgan fingerprint density at radius 2 is 2.00 bits per heavy atom. The first-order valence-corrected chi connectivity index (χ1v) is 5.72. The quantitative estimate of drug-likeness (QED) is 0.866. The maximum atomic E-state index is 11.5. The van der Waals surface area contributed by atoms with E-state index in [1.54, 1.807) is 0 Å². The molecule has 4 heteroatoms. The first-order chi connectivity index (χ1) is 8.04. The van der Waals surface area contributed by atoms with E-state index in [2.05, 4.69) is 0 Å². The van der Waals surface area contributed by atoms with E-state index in [1.165, 1.54) is 5.06 Å². The van der Waals surface area contributed by atoms with Gasteiger partial charge in [-0.2, -0.15) is 5.06 Å². The Morgan fingerprint density at radius 1 is 1.35 bits per heavy atom. The molecule has 17 heavy (non-hydrogen) atoms. The lowest BCUT2D eigenvalue weighted by atomic mass is 9.85. The molecule has 4 nitrogen and oxygen atoms in total. The number of rotatable bonds is 3. The van der Waals surface area contributed by atoms with E-state index < -0.39 is 0 Å². The number of anilines is 1. The number of carbonyl (C=O) groups excluding carboxylic acids is 1. The molecule has 0 radical (unpaired) electrons. The molecular formula is C13H17NO3. The zero-order chi connectivity index (χ0) is 12.5. The molecule has 1 fully saturated rings. The van der Waals surface area contributed by atoms with Crippen LogP contribution in [0.5, 0.6) is 0 Å². The fourth-order valence-electron chi connectivity index (χ4n) is 1.76. The highest BCUT2D eigenvalue weighted by molar-refractivity contribution is 5.92. The monoisotopic (exact) mass is 235 g/mol. The van der Waals surface area contributed by atoms with E-state index in [4.69, 9.17) is 4.84 Å². The molecule has 92 valence electrons. The summed E-state index contributed by atoms with van der Waals surface area (Å²) in [5.74, 6) is -0.0147. The lowest BCUT2D eigenvalue weighted by Gasteiger charge is -2.23. The minimum absolute atomic E-state index is 0.0147. The summed E-state index contributed by atoms with van der Waals surface area (Å²) in [5.41, 5.74) is 1.51. The predicted octanol–water partition coefficient (Wildman–Crippen LogP) is 1.62. The average molecular weight is 235 g/mol. The zero-order valence-corrected chi connectivity index (χ0v) is 10.1. The van der Waals surface area contributed by atoms with Crippen LogP contribution in [0.4, 0.5) is 5.69 Å². The fourth-order valence-corrected chi connectivity index (χ4v) is 1.76. The van der Waals surface area contributed by atoms with Gasteiger partial charge in [0.2, 0.25) is 0 Å². The lowest BCUT2D eigenvalue weighted by molar-refractivity contribution is -0.119. The van der Waals surface area contributed by atoms with Crippen molar-refractivity contribution in [2.75, 3.05) is 18.3 Å². The molecule has 0 bridgehead atoms. The van der Waals surface area contributed by atoms with E-state index in [1.807, 2.05) is 38.1 Å². The predicted molar refractivity (Wildman–Crippen MR) is 64.6 cm³/mol. The van der Waals surface area contributed by atoms with Crippen LogP contribution in [-0.4, -0.2) is 24.2 Å². The Kier molecular flexibility index (Phi) is 3.17. The van der Waals surface area contributed by atoms with Crippen molar-refractivity contribution >= 4 is 11.6 Å². The summed E-state index contributed by atoms with van der Waals surface area (Å²) in [7, 11) is 0. The van der Waals surface area contributed by atoms with Gasteiger partial charge in [0.1, 0.15) is 0 Å². The number of aliphatic hydroxyl groups excluding tert-OH is 1. The van der Waals surface area contributed by atoms with E-state index >= 15 is 0 Å². The Balaban J connectivity index is 2.21. The van der Waals surface area contributed by atoms with E-state index in [-0.39, 0.29) is 17.9 Å². The first kappa shape index (κ1) is 12.1. The van der Waals surface area contributed by atoms with E-state index in [0.717, 1.165) is 11.3 Å². The Bertz CT molecular complexity index is 411. The number of aliphatic hydroxyl groups is 1. The molecular weight excluding hydrogens is 218 g/mol. The maximum absolute atomic E-state index is 11.5. The third-order valence-corrected chi connectivity index (χ3v) is 3.04. The van der Waals surface area contributed by atoms with Crippen molar-refractivity contribution in [1.29, 1.82) is 0 Å². The van der Waals surface area contributed by atoms with Gasteiger partial charge < -0.3 is 5.11 Å². The van der Waals surface area contributed by atoms with Crippen LogP contribution >= 0.6 is 0 Å². The van der Waals surface area contributed by atoms with Crippen LogP contribution in [0.15, 0.2) is 24.3 Å². The summed E-state index contributed by atoms with van der Waals surface area (Å²) in [6.07, 6.45) is 0.434. The highest BCUT2D eigenvalue weighted by Crippen LogP contribution is 2.26. The molecule has 1 saturated heterocycles. The molecule has 1 aliphatic heterocycles. The summed E-state index contributed by atoms with van der Waals surface area (Å²) in [6, 6.07) is 7.52. The van der Waals surface area contributed by atoms with E-state index in [0.29, 0.717) is 13.0 Å². The second-order valence-corrected chi connectivity index (χ2v) is 4.86. The van der Waals surface area contributed by atoms with Gasteiger partial charge in [0.05, 0.1) is 25.3 Å².